The molecule has 5 heteroatoms. The minimum atomic E-state index is -0.455. The molecule has 0 aromatic carbocycles. The first-order chi connectivity index (χ1) is 8.26. The summed E-state index contributed by atoms with van der Waals surface area (Å²) in [5.41, 5.74) is 5.43. The predicted octanol–water partition coefficient (Wildman–Crippen LogP) is 1.18. The molecule has 1 amide bonds. The number of nitrogens with one attached hydrogen (secondary N) is 1. The lowest BCUT2D eigenvalue weighted by atomic mass is 9.80. The van der Waals surface area contributed by atoms with Gasteiger partial charge in [-0.05, 0) is 47.2 Å². The number of alkyl carbamates (subject to hydrolysis) is 1. The Morgan fingerprint density at radius 1 is 1.50 bits per heavy atom. The summed E-state index contributed by atoms with van der Waals surface area (Å²) in [5, 5.41) is 2.85. The highest BCUT2D eigenvalue weighted by molar-refractivity contribution is 5.67. The third-order valence-corrected chi connectivity index (χ3v) is 3.29. The summed E-state index contributed by atoms with van der Waals surface area (Å²) >= 11 is 0. The molecular weight excluding hydrogens is 230 g/mol. The van der Waals surface area contributed by atoms with Gasteiger partial charge in [0.25, 0.3) is 0 Å². The largest absolute Gasteiger partial charge is 0.444 e. The molecule has 0 aromatic rings. The maximum atomic E-state index is 11.7. The second-order valence-corrected chi connectivity index (χ2v) is 6.40. The number of amides is 1. The van der Waals surface area contributed by atoms with Crippen molar-refractivity contribution in [2.75, 3.05) is 33.2 Å². The minimum absolute atomic E-state index is 0.0100. The molecule has 0 spiro atoms. The van der Waals surface area contributed by atoms with Crippen LogP contribution in [0.2, 0.25) is 0 Å². The van der Waals surface area contributed by atoms with Crippen LogP contribution in [0.4, 0.5) is 4.79 Å². The standard InChI is InChI=1S/C13H27N3O2/c1-12(2,3)18-11(17)15-9-13(8-14)6-5-7-16(4)10-13/h5-10,14H2,1-4H3,(H,15,17). The Labute approximate surface area is 110 Å². The van der Waals surface area contributed by atoms with Crippen LogP contribution in [0.1, 0.15) is 33.6 Å². The number of hydrogen-bond donors (Lipinski definition) is 2. The summed E-state index contributed by atoms with van der Waals surface area (Å²) < 4.78 is 5.24. The zero-order chi connectivity index (χ0) is 13.8. The van der Waals surface area contributed by atoms with E-state index in [1.807, 2.05) is 20.8 Å². The number of likely N-dealkylation sites (tertiary alicyclic amines) is 1. The average Bonchev–Trinajstić information content (AvgIpc) is 2.24. The Hall–Kier alpha value is -0.810. The van der Waals surface area contributed by atoms with E-state index in [1.165, 1.54) is 0 Å². The summed E-state index contributed by atoms with van der Waals surface area (Å²) in [5.74, 6) is 0. The van der Waals surface area contributed by atoms with Crippen molar-refractivity contribution in [2.24, 2.45) is 11.1 Å². The van der Waals surface area contributed by atoms with Gasteiger partial charge in [0.15, 0.2) is 0 Å². The first-order valence-corrected chi connectivity index (χ1v) is 6.62. The van der Waals surface area contributed by atoms with Crippen molar-refractivity contribution >= 4 is 6.09 Å². The van der Waals surface area contributed by atoms with Gasteiger partial charge in [-0.3, -0.25) is 0 Å². The van der Waals surface area contributed by atoms with E-state index in [2.05, 4.69) is 17.3 Å². The monoisotopic (exact) mass is 257 g/mol. The van der Waals surface area contributed by atoms with Crippen molar-refractivity contribution < 1.29 is 9.53 Å². The van der Waals surface area contributed by atoms with E-state index < -0.39 is 5.60 Å². The van der Waals surface area contributed by atoms with Gasteiger partial charge in [-0.2, -0.15) is 0 Å². The minimum Gasteiger partial charge on any atom is -0.444 e. The number of carbonyl (C=O) groups excluding carboxylic acids is 1. The molecule has 5 nitrogen and oxygen atoms in total. The number of hydrogen-bond acceptors (Lipinski definition) is 4. The van der Waals surface area contributed by atoms with Crippen LogP contribution in [0.5, 0.6) is 0 Å². The highest BCUT2D eigenvalue weighted by Gasteiger charge is 2.33. The van der Waals surface area contributed by atoms with E-state index in [0.29, 0.717) is 13.1 Å². The summed E-state index contributed by atoms with van der Waals surface area (Å²) in [6.45, 7) is 8.79. The summed E-state index contributed by atoms with van der Waals surface area (Å²) in [7, 11) is 2.09. The van der Waals surface area contributed by atoms with Gasteiger partial charge in [-0.15, -0.1) is 0 Å². The van der Waals surface area contributed by atoms with Crippen molar-refractivity contribution in [2.45, 2.75) is 39.2 Å². The van der Waals surface area contributed by atoms with E-state index in [-0.39, 0.29) is 11.5 Å². The molecule has 18 heavy (non-hydrogen) atoms. The number of rotatable bonds is 3. The van der Waals surface area contributed by atoms with E-state index in [0.717, 1.165) is 25.9 Å². The first-order valence-electron chi connectivity index (χ1n) is 6.62. The summed E-state index contributed by atoms with van der Waals surface area (Å²) in [6.07, 6.45) is 1.83. The topological polar surface area (TPSA) is 67.6 Å². The van der Waals surface area contributed by atoms with E-state index in [1.54, 1.807) is 0 Å². The molecule has 1 aliphatic rings. The van der Waals surface area contributed by atoms with Gasteiger partial charge >= 0.3 is 6.09 Å². The van der Waals surface area contributed by atoms with Crippen LogP contribution in [0.3, 0.4) is 0 Å². The zero-order valence-electron chi connectivity index (χ0n) is 12.1. The highest BCUT2D eigenvalue weighted by Crippen LogP contribution is 2.27. The maximum absolute atomic E-state index is 11.7. The van der Waals surface area contributed by atoms with Gasteiger partial charge in [0, 0.05) is 25.0 Å². The molecular formula is C13H27N3O2. The fraction of sp³-hybridized carbons (Fsp3) is 0.923. The van der Waals surface area contributed by atoms with Gasteiger partial charge in [-0.1, -0.05) is 0 Å². The van der Waals surface area contributed by atoms with Gasteiger partial charge < -0.3 is 20.7 Å². The lowest BCUT2D eigenvalue weighted by Gasteiger charge is -2.40. The van der Waals surface area contributed by atoms with Crippen LogP contribution >= 0.6 is 0 Å². The summed E-state index contributed by atoms with van der Waals surface area (Å²) in [6, 6.07) is 0. The fourth-order valence-corrected chi connectivity index (χ4v) is 2.41. The maximum Gasteiger partial charge on any atom is 0.407 e. The molecule has 1 fully saturated rings. The molecule has 0 aromatic heterocycles. The molecule has 0 bridgehead atoms. The number of ether oxygens (including phenoxy) is 1. The van der Waals surface area contributed by atoms with Crippen molar-refractivity contribution in [3.05, 3.63) is 0 Å². The second kappa shape index (κ2) is 5.89. The zero-order valence-corrected chi connectivity index (χ0v) is 12.1. The molecule has 1 saturated heterocycles. The molecule has 1 heterocycles. The van der Waals surface area contributed by atoms with Crippen molar-refractivity contribution in [3.63, 3.8) is 0 Å². The predicted molar refractivity (Wildman–Crippen MR) is 72.5 cm³/mol. The first kappa shape index (κ1) is 15.2. The van der Waals surface area contributed by atoms with Crippen molar-refractivity contribution in [1.82, 2.24) is 10.2 Å². The van der Waals surface area contributed by atoms with Crippen LogP contribution in [-0.4, -0.2) is 49.8 Å². The van der Waals surface area contributed by atoms with Crippen molar-refractivity contribution in [3.8, 4) is 0 Å². The quantitative estimate of drug-likeness (QED) is 0.797. The van der Waals surface area contributed by atoms with Crippen LogP contribution in [0.25, 0.3) is 0 Å². The highest BCUT2D eigenvalue weighted by atomic mass is 16.6. The lowest BCUT2D eigenvalue weighted by Crippen LogP contribution is -2.52. The molecule has 1 atom stereocenters. The van der Waals surface area contributed by atoms with E-state index in [4.69, 9.17) is 10.5 Å². The third kappa shape index (κ3) is 4.82. The van der Waals surface area contributed by atoms with Crippen LogP contribution in [0, 0.1) is 5.41 Å². The molecule has 1 rings (SSSR count). The smallest absolute Gasteiger partial charge is 0.407 e. The average molecular weight is 257 g/mol. The van der Waals surface area contributed by atoms with E-state index >= 15 is 0 Å². The Morgan fingerprint density at radius 2 is 2.17 bits per heavy atom. The van der Waals surface area contributed by atoms with Gasteiger partial charge in [0.05, 0.1) is 0 Å². The van der Waals surface area contributed by atoms with Crippen LogP contribution in [0.15, 0.2) is 0 Å². The Bertz CT molecular complexity index is 288. The Kier molecular flexibility index (Phi) is 4.99. The SMILES string of the molecule is CN1CCCC(CN)(CNC(=O)OC(C)(C)C)C1. The third-order valence-electron chi connectivity index (χ3n) is 3.29. The van der Waals surface area contributed by atoms with Crippen LogP contribution < -0.4 is 11.1 Å². The van der Waals surface area contributed by atoms with E-state index in [9.17, 15) is 4.79 Å². The lowest BCUT2D eigenvalue weighted by molar-refractivity contribution is 0.0459. The van der Waals surface area contributed by atoms with Gasteiger partial charge in [0.2, 0.25) is 0 Å². The number of carbonyl (C=O) groups is 1. The Morgan fingerprint density at radius 3 is 2.67 bits per heavy atom. The molecule has 106 valence electrons. The van der Waals surface area contributed by atoms with Crippen LogP contribution in [-0.2, 0) is 4.74 Å². The second-order valence-electron chi connectivity index (χ2n) is 6.40. The number of nitrogens with zero attached hydrogens (tertiary/aromatic N) is 1. The molecule has 0 radical (unpaired) electrons. The van der Waals surface area contributed by atoms with Gasteiger partial charge in [0.1, 0.15) is 5.60 Å². The van der Waals surface area contributed by atoms with Crippen molar-refractivity contribution in [1.29, 1.82) is 0 Å². The molecule has 1 aliphatic heterocycles. The Balaban J connectivity index is 2.46. The number of piperidine rings is 1. The normalized spacial score (nSPS) is 25.8. The number of nitrogens with two attached hydrogens (primary N) is 1. The molecule has 0 saturated carbocycles. The molecule has 0 aliphatic carbocycles. The van der Waals surface area contributed by atoms with Gasteiger partial charge in [-0.25, -0.2) is 4.79 Å². The summed E-state index contributed by atoms with van der Waals surface area (Å²) in [4.78, 5) is 13.9. The molecule has 3 N–H and O–H groups in total. The molecule has 1 unspecified atom stereocenters. The fourth-order valence-electron chi connectivity index (χ4n) is 2.41.